The van der Waals surface area contributed by atoms with Gasteiger partial charge in [-0.2, -0.15) is 0 Å². The minimum absolute atomic E-state index is 0.242. The van der Waals surface area contributed by atoms with Gasteiger partial charge in [-0.15, -0.1) is 11.8 Å². The molecule has 130 valence electrons. The lowest BCUT2D eigenvalue weighted by Crippen LogP contribution is -2.56. The number of nitrogens with one attached hydrogen (secondary N) is 1. The fourth-order valence-corrected chi connectivity index (χ4v) is 3.51. The SMILES string of the molecule is CC(C(=O)O)N(C)C(=O)C1CSC(Cc2ccccc2F)C(=O)N1. The summed E-state index contributed by atoms with van der Waals surface area (Å²) in [5.74, 6) is -1.95. The van der Waals surface area contributed by atoms with Crippen molar-refractivity contribution in [2.24, 2.45) is 0 Å². The molecule has 8 heteroatoms. The third-order valence-corrected chi connectivity index (χ3v) is 5.33. The summed E-state index contributed by atoms with van der Waals surface area (Å²) in [7, 11) is 1.39. The molecule has 1 fully saturated rings. The first-order valence-electron chi connectivity index (χ1n) is 7.46. The highest BCUT2D eigenvalue weighted by Gasteiger charge is 2.35. The molecule has 0 saturated carbocycles. The van der Waals surface area contributed by atoms with Gasteiger partial charge >= 0.3 is 5.97 Å². The van der Waals surface area contributed by atoms with Crippen LogP contribution in [0.15, 0.2) is 24.3 Å². The molecule has 1 aliphatic heterocycles. The zero-order valence-corrected chi connectivity index (χ0v) is 14.2. The molecule has 0 aliphatic carbocycles. The Balaban J connectivity index is 1.98. The number of nitrogens with zero attached hydrogens (tertiary/aromatic N) is 1. The third kappa shape index (κ3) is 4.05. The Morgan fingerprint density at radius 2 is 2.12 bits per heavy atom. The van der Waals surface area contributed by atoms with Crippen LogP contribution in [0.5, 0.6) is 0 Å². The first-order valence-corrected chi connectivity index (χ1v) is 8.51. The molecule has 6 nitrogen and oxygen atoms in total. The molecular formula is C16H19FN2O4S. The number of amides is 2. The molecule has 2 rings (SSSR count). The number of carboxylic acid groups (broad SMARTS) is 1. The summed E-state index contributed by atoms with van der Waals surface area (Å²) in [4.78, 5) is 36.6. The fourth-order valence-electron chi connectivity index (χ4n) is 2.35. The lowest BCUT2D eigenvalue weighted by atomic mass is 10.1. The van der Waals surface area contributed by atoms with Gasteiger partial charge in [0.1, 0.15) is 17.9 Å². The Hall–Kier alpha value is -2.09. The van der Waals surface area contributed by atoms with E-state index in [1.807, 2.05) is 0 Å². The predicted octanol–water partition coefficient (Wildman–Crippen LogP) is 0.900. The van der Waals surface area contributed by atoms with E-state index in [-0.39, 0.29) is 18.1 Å². The molecule has 0 aromatic heterocycles. The van der Waals surface area contributed by atoms with E-state index in [9.17, 15) is 18.8 Å². The smallest absolute Gasteiger partial charge is 0.326 e. The second-order valence-corrected chi connectivity index (χ2v) is 6.88. The van der Waals surface area contributed by atoms with Crippen molar-refractivity contribution in [3.8, 4) is 0 Å². The maximum atomic E-state index is 13.7. The number of likely N-dealkylation sites (N-methyl/N-ethyl adjacent to an activating group) is 1. The van der Waals surface area contributed by atoms with Gasteiger partial charge in [0.05, 0.1) is 5.25 Å². The van der Waals surface area contributed by atoms with Gasteiger partial charge in [0.15, 0.2) is 0 Å². The molecule has 0 radical (unpaired) electrons. The fraction of sp³-hybridized carbons (Fsp3) is 0.438. The van der Waals surface area contributed by atoms with Gasteiger partial charge in [-0.25, -0.2) is 9.18 Å². The van der Waals surface area contributed by atoms with Crippen LogP contribution in [0.3, 0.4) is 0 Å². The van der Waals surface area contributed by atoms with Crippen LogP contribution < -0.4 is 5.32 Å². The zero-order chi connectivity index (χ0) is 17.9. The van der Waals surface area contributed by atoms with Crippen molar-refractivity contribution in [1.29, 1.82) is 0 Å². The quantitative estimate of drug-likeness (QED) is 0.820. The number of aliphatic carboxylic acids is 1. The molecule has 0 spiro atoms. The molecule has 1 aromatic carbocycles. The van der Waals surface area contributed by atoms with E-state index >= 15 is 0 Å². The first kappa shape index (κ1) is 18.3. The van der Waals surface area contributed by atoms with Gasteiger partial charge in [0.2, 0.25) is 11.8 Å². The van der Waals surface area contributed by atoms with Crippen molar-refractivity contribution in [1.82, 2.24) is 10.2 Å². The van der Waals surface area contributed by atoms with Crippen molar-refractivity contribution in [2.75, 3.05) is 12.8 Å². The van der Waals surface area contributed by atoms with Gasteiger partial charge in [0, 0.05) is 12.8 Å². The highest BCUT2D eigenvalue weighted by atomic mass is 32.2. The van der Waals surface area contributed by atoms with E-state index in [4.69, 9.17) is 5.11 Å². The summed E-state index contributed by atoms with van der Waals surface area (Å²) in [6.45, 7) is 1.40. The van der Waals surface area contributed by atoms with Crippen molar-refractivity contribution in [3.63, 3.8) is 0 Å². The first-order chi connectivity index (χ1) is 11.3. The summed E-state index contributed by atoms with van der Waals surface area (Å²) in [5, 5.41) is 11.1. The minimum Gasteiger partial charge on any atom is -0.480 e. The average Bonchev–Trinajstić information content (AvgIpc) is 2.56. The summed E-state index contributed by atoms with van der Waals surface area (Å²) < 4.78 is 13.7. The Labute approximate surface area is 143 Å². The van der Waals surface area contributed by atoms with E-state index in [0.717, 1.165) is 4.90 Å². The highest BCUT2D eigenvalue weighted by Crippen LogP contribution is 2.24. The van der Waals surface area contributed by atoms with Crippen LogP contribution >= 0.6 is 11.8 Å². The van der Waals surface area contributed by atoms with E-state index in [2.05, 4.69) is 5.32 Å². The van der Waals surface area contributed by atoms with Crippen molar-refractivity contribution >= 4 is 29.5 Å². The molecule has 1 saturated heterocycles. The third-order valence-electron chi connectivity index (χ3n) is 4.02. The second-order valence-electron chi connectivity index (χ2n) is 5.64. The zero-order valence-electron chi connectivity index (χ0n) is 13.4. The Morgan fingerprint density at radius 1 is 1.46 bits per heavy atom. The van der Waals surface area contributed by atoms with Crippen LogP contribution in [0.25, 0.3) is 0 Å². The molecule has 3 unspecified atom stereocenters. The largest absolute Gasteiger partial charge is 0.480 e. The summed E-state index contributed by atoms with van der Waals surface area (Å²) in [6.07, 6.45) is 0.242. The number of thioether (sulfide) groups is 1. The molecule has 1 heterocycles. The molecule has 2 amide bonds. The van der Waals surface area contributed by atoms with Crippen LogP contribution in [0.1, 0.15) is 12.5 Å². The lowest BCUT2D eigenvalue weighted by Gasteiger charge is -2.32. The summed E-state index contributed by atoms with van der Waals surface area (Å²) in [6, 6.07) is 4.51. The molecule has 3 atom stereocenters. The number of hydrogen-bond acceptors (Lipinski definition) is 4. The van der Waals surface area contributed by atoms with Crippen molar-refractivity contribution < 1.29 is 23.9 Å². The number of carbonyl (C=O) groups excluding carboxylic acids is 2. The molecule has 0 bridgehead atoms. The number of carbonyl (C=O) groups is 3. The maximum Gasteiger partial charge on any atom is 0.326 e. The normalized spacial score (nSPS) is 21.7. The minimum atomic E-state index is -1.11. The van der Waals surface area contributed by atoms with Gasteiger partial charge in [-0.3, -0.25) is 9.59 Å². The molecule has 1 aromatic rings. The second kappa shape index (κ2) is 7.65. The molecule has 1 aliphatic rings. The van der Waals surface area contributed by atoms with Gasteiger partial charge in [0.25, 0.3) is 0 Å². The van der Waals surface area contributed by atoms with Gasteiger partial charge in [-0.05, 0) is 25.0 Å². The van der Waals surface area contributed by atoms with E-state index < -0.39 is 29.2 Å². The Bertz CT molecular complexity index is 655. The maximum absolute atomic E-state index is 13.7. The number of benzene rings is 1. The van der Waals surface area contributed by atoms with E-state index in [1.54, 1.807) is 18.2 Å². The highest BCUT2D eigenvalue weighted by molar-refractivity contribution is 8.00. The van der Waals surface area contributed by atoms with Crippen LogP contribution in [-0.4, -0.2) is 57.9 Å². The predicted molar refractivity (Wildman–Crippen MR) is 88.1 cm³/mol. The number of halogens is 1. The van der Waals surface area contributed by atoms with Crippen molar-refractivity contribution in [3.05, 3.63) is 35.6 Å². The monoisotopic (exact) mass is 354 g/mol. The molecule has 24 heavy (non-hydrogen) atoms. The number of hydrogen-bond donors (Lipinski definition) is 2. The van der Waals surface area contributed by atoms with Crippen LogP contribution in [0.4, 0.5) is 4.39 Å². The van der Waals surface area contributed by atoms with Gasteiger partial charge in [-0.1, -0.05) is 18.2 Å². The standard InChI is InChI=1S/C16H19FN2O4S/c1-9(16(22)23)19(2)15(21)12-8-24-13(14(20)18-12)7-10-5-3-4-6-11(10)17/h3-6,9,12-13H,7-8H2,1-2H3,(H,18,20)(H,22,23). The summed E-state index contributed by atoms with van der Waals surface area (Å²) in [5.41, 5.74) is 0.451. The number of carboxylic acids is 1. The van der Waals surface area contributed by atoms with Crippen LogP contribution in [-0.2, 0) is 20.8 Å². The number of rotatable bonds is 5. The van der Waals surface area contributed by atoms with E-state index in [1.165, 1.54) is 31.8 Å². The van der Waals surface area contributed by atoms with Crippen LogP contribution in [0.2, 0.25) is 0 Å². The lowest BCUT2D eigenvalue weighted by molar-refractivity contribution is -0.149. The molecular weight excluding hydrogens is 335 g/mol. The Kier molecular flexibility index (Phi) is 5.82. The summed E-state index contributed by atoms with van der Waals surface area (Å²) >= 11 is 1.28. The van der Waals surface area contributed by atoms with E-state index in [0.29, 0.717) is 11.3 Å². The average molecular weight is 354 g/mol. The molecule has 2 N–H and O–H groups in total. The van der Waals surface area contributed by atoms with Gasteiger partial charge < -0.3 is 15.3 Å². The topological polar surface area (TPSA) is 86.7 Å². The Morgan fingerprint density at radius 3 is 2.71 bits per heavy atom. The van der Waals surface area contributed by atoms with Crippen molar-refractivity contribution in [2.45, 2.75) is 30.7 Å². The van der Waals surface area contributed by atoms with Crippen LogP contribution in [0, 0.1) is 5.82 Å².